The van der Waals surface area contributed by atoms with E-state index in [0.717, 1.165) is 23.6 Å². The number of rotatable bonds is 5. The number of nitrogens with zero attached hydrogens (tertiary/aromatic N) is 1. The molecule has 0 bridgehead atoms. The standard InChI is InChI=1S/C16H20N2O/c1-3-12(2)15-6-4-5-7-16(15)19-14-8-9-18-13(10-14)11-17/h4-10,12H,3,11,17H2,1-2H3. The van der Waals surface area contributed by atoms with E-state index < -0.39 is 0 Å². The van der Waals surface area contributed by atoms with E-state index in [1.165, 1.54) is 5.56 Å². The van der Waals surface area contributed by atoms with Crippen molar-refractivity contribution >= 4 is 0 Å². The fraction of sp³-hybridized carbons (Fsp3) is 0.312. The highest BCUT2D eigenvalue weighted by atomic mass is 16.5. The fourth-order valence-electron chi connectivity index (χ4n) is 1.96. The lowest BCUT2D eigenvalue weighted by Crippen LogP contribution is -2.00. The van der Waals surface area contributed by atoms with E-state index in [9.17, 15) is 0 Å². The summed E-state index contributed by atoms with van der Waals surface area (Å²) in [6.45, 7) is 4.81. The van der Waals surface area contributed by atoms with E-state index in [-0.39, 0.29) is 0 Å². The topological polar surface area (TPSA) is 48.1 Å². The number of hydrogen-bond donors (Lipinski definition) is 1. The molecule has 100 valence electrons. The van der Waals surface area contributed by atoms with Gasteiger partial charge < -0.3 is 10.5 Å². The number of nitrogens with two attached hydrogens (primary N) is 1. The van der Waals surface area contributed by atoms with Gasteiger partial charge in [0.15, 0.2) is 0 Å². The van der Waals surface area contributed by atoms with Gasteiger partial charge in [-0.1, -0.05) is 32.0 Å². The second-order valence-electron chi connectivity index (χ2n) is 4.64. The molecule has 0 amide bonds. The van der Waals surface area contributed by atoms with Crippen molar-refractivity contribution in [3.8, 4) is 11.5 Å². The maximum absolute atomic E-state index is 5.98. The minimum Gasteiger partial charge on any atom is -0.457 e. The van der Waals surface area contributed by atoms with Crippen LogP contribution < -0.4 is 10.5 Å². The normalized spacial score (nSPS) is 12.2. The Balaban J connectivity index is 2.27. The highest BCUT2D eigenvalue weighted by Gasteiger charge is 2.10. The average Bonchev–Trinajstić information content (AvgIpc) is 2.47. The van der Waals surface area contributed by atoms with Crippen LogP contribution in [-0.4, -0.2) is 4.98 Å². The van der Waals surface area contributed by atoms with Gasteiger partial charge in [-0.25, -0.2) is 0 Å². The van der Waals surface area contributed by atoms with Crippen LogP contribution in [0.15, 0.2) is 42.6 Å². The van der Waals surface area contributed by atoms with Crippen molar-refractivity contribution in [1.82, 2.24) is 4.98 Å². The summed E-state index contributed by atoms with van der Waals surface area (Å²) in [5.41, 5.74) is 7.66. The Kier molecular flexibility index (Phi) is 4.53. The van der Waals surface area contributed by atoms with Crippen LogP contribution in [0, 0.1) is 0 Å². The van der Waals surface area contributed by atoms with Gasteiger partial charge in [-0.3, -0.25) is 4.98 Å². The highest BCUT2D eigenvalue weighted by molar-refractivity contribution is 5.39. The van der Waals surface area contributed by atoms with Gasteiger partial charge in [0.05, 0.1) is 5.69 Å². The summed E-state index contributed by atoms with van der Waals surface area (Å²) in [6, 6.07) is 11.9. The lowest BCUT2D eigenvalue weighted by atomic mass is 9.98. The fourth-order valence-corrected chi connectivity index (χ4v) is 1.96. The minimum absolute atomic E-state index is 0.421. The Morgan fingerprint density at radius 1 is 1.26 bits per heavy atom. The zero-order valence-electron chi connectivity index (χ0n) is 11.5. The van der Waals surface area contributed by atoms with E-state index >= 15 is 0 Å². The van der Waals surface area contributed by atoms with Crippen LogP contribution in [0.5, 0.6) is 11.5 Å². The van der Waals surface area contributed by atoms with Crippen LogP contribution in [0.2, 0.25) is 0 Å². The van der Waals surface area contributed by atoms with Crippen LogP contribution in [0.4, 0.5) is 0 Å². The summed E-state index contributed by atoms with van der Waals surface area (Å²) < 4.78 is 5.98. The number of benzene rings is 1. The molecule has 2 N–H and O–H groups in total. The van der Waals surface area contributed by atoms with Crippen molar-refractivity contribution in [2.24, 2.45) is 5.73 Å². The Bertz CT molecular complexity index is 540. The molecule has 3 nitrogen and oxygen atoms in total. The maximum Gasteiger partial charge on any atom is 0.130 e. The molecule has 1 unspecified atom stereocenters. The van der Waals surface area contributed by atoms with Gasteiger partial charge in [-0.2, -0.15) is 0 Å². The summed E-state index contributed by atoms with van der Waals surface area (Å²) in [7, 11) is 0. The largest absolute Gasteiger partial charge is 0.457 e. The smallest absolute Gasteiger partial charge is 0.130 e. The second-order valence-corrected chi connectivity index (χ2v) is 4.64. The number of hydrogen-bond acceptors (Lipinski definition) is 3. The molecule has 19 heavy (non-hydrogen) atoms. The SMILES string of the molecule is CCC(C)c1ccccc1Oc1ccnc(CN)c1. The second kappa shape index (κ2) is 6.34. The molecule has 1 aromatic heterocycles. The number of para-hydroxylation sites is 1. The van der Waals surface area contributed by atoms with E-state index in [1.54, 1.807) is 6.20 Å². The lowest BCUT2D eigenvalue weighted by molar-refractivity contribution is 0.469. The molecule has 0 radical (unpaired) electrons. The van der Waals surface area contributed by atoms with Gasteiger partial charge in [-0.15, -0.1) is 0 Å². The van der Waals surface area contributed by atoms with Gasteiger partial charge >= 0.3 is 0 Å². The molecule has 1 aromatic carbocycles. The van der Waals surface area contributed by atoms with Crippen molar-refractivity contribution in [3.05, 3.63) is 53.9 Å². The molecule has 0 aliphatic carbocycles. The van der Waals surface area contributed by atoms with E-state index in [0.29, 0.717) is 12.5 Å². The van der Waals surface area contributed by atoms with Gasteiger partial charge in [0.1, 0.15) is 11.5 Å². The Morgan fingerprint density at radius 3 is 2.79 bits per heavy atom. The summed E-state index contributed by atoms with van der Waals surface area (Å²) in [5.74, 6) is 2.17. The zero-order valence-corrected chi connectivity index (χ0v) is 11.5. The zero-order chi connectivity index (χ0) is 13.7. The van der Waals surface area contributed by atoms with Crippen molar-refractivity contribution in [2.75, 3.05) is 0 Å². The van der Waals surface area contributed by atoms with Crippen LogP contribution in [0.25, 0.3) is 0 Å². The minimum atomic E-state index is 0.421. The summed E-state index contributed by atoms with van der Waals surface area (Å²) in [6.07, 6.45) is 2.81. The van der Waals surface area contributed by atoms with Gasteiger partial charge in [0, 0.05) is 18.8 Å². The maximum atomic E-state index is 5.98. The summed E-state index contributed by atoms with van der Waals surface area (Å²) >= 11 is 0. The van der Waals surface area contributed by atoms with Gasteiger partial charge in [-0.05, 0) is 30.0 Å². The average molecular weight is 256 g/mol. The monoisotopic (exact) mass is 256 g/mol. The summed E-state index contributed by atoms with van der Waals surface area (Å²) in [5, 5.41) is 0. The number of aromatic nitrogens is 1. The molecular weight excluding hydrogens is 236 g/mol. The molecule has 0 fully saturated rings. The first-order valence-corrected chi connectivity index (χ1v) is 6.66. The molecule has 3 heteroatoms. The van der Waals surface area contributed by atoms with Crippen LogP contribution in [0.1, 0.15) is 37.4 Å². The van der Waals surface area contributed by atoms with Crippen molar-refractivity contribution in [3.63, 3.8) is 0 Å². The molecule has 0 aliphatic heterocycles. The van der Waals surface area contributed by atoms with Crippen molar-refractivity contribution in [2.45, 2.75) is 32.7 Å². The predicted molar refractivity (Wildman–Crippen MR) is 77.4 cm³/mol. The predicted octanol–water partition coefficient (Wildman–Crippen LogP) is 3.85. The first-order chi connectivity index (χ1) is 9.24. The Labute approximate surface area is 114 Å². The van der Waals surface area contributed by atoms with Crippen molar-refractivity contribution in [1.29, 1.82) is 0 Å². The van der Waals surface area contributed by atoms with E-state index in [2.05, 4.69) is 24.9 Å². The lowest BCUT2D eigenvalue weighted by Gasteiger charge is -2.15. The molecular formula is C16H20N2O. The Morgan fingerprint density at radius 2 is 2.05 bits per heavy atom. The quantitative estimate of drug-likeness (QED) is 0.884. The Hall–Kier alpha value is -1.87. The van der Waals surface area contributed by atoms with Crippen LogP contribution >= 0.6 is 0 Å². The number of ether oxygens (including phenoxy) is 1. The molecule has 0 saturated heterocycles. The molecule has 1 atom stereocenters. The molecule has 0 aliphatic rings. The van der Waals surface area contributed by atoms with E-state index in [4.69, 9.17) is 10.5 Å². The molecule has 0 saturated carbocycles. The van der Waals surface area contributed by atoms with Crippen molar-refractivity contribution < 1.29 is 4.74 Å². The highest BCUT2D eigenvalue weighted by Crippen LogP contribution is 2.31. The third-order valence-electron chi connectivity index (χ3n) is 3.29. The molecule has 2 aromatic rings. The molecule has 2 rings (SSSR count). The van der Waals surface area contributed by atoms with Gasteiger partial charge in [0.2, 0.25) is 0 Å². The van der Waals surface area contributed by atoms with Crippen LogP contribution in [-0.2, 0) is 6.54 Å². The third-order valence-corrected chi connectivity index (χ3v) is 3.29. The molecule has 0 spiro atoms. The summed E-state index contributed by atoms with van der Waals surface area (Å²) in [4.78, 5) is 4.17. The third kappa shape index (κ3) is 3.32. The molecule has 1 heterocycles. The van der Waals surface area contributed by atoms with Crippen LogP contribution in [0.3, 0.4) is 0 Å². The first-order valence-electron chi connectivity index (χ1n) is 6.66. The first kappa shape index (κ1) is 13.6. The van der Waals surface area contributed by atoms with E-state index in [1.807, 2.05) is 30.3 Å². The van der Waals surface area contributed by atoms with Gasteiger partial charge in [0.25, 0.3) is 0 Å². The number of pyridine rings is 1.